The molecule has 43 heavy (non-hydrogen) atoms. The Labute approximate surface area is 246 Å². The molecule has 1 unspecified atom stereocenters. The quantitative estimate of drug-likeness (QED) is 0.136. The van der Waals surface area contributed by atoms with Crippen molar-refractivity contribution in [2.24, 2.45) is 0 Å². The standard InChI is InChI=1S/C37H18N4OS/c1-2-8-22-19(7-1)20-13-15-28-32-30(20)35-38(22)23-9-3-5-11-25(23)40(35)37(32)33-29(42-28)16-14-21-31(33)36-39(27-17-18-43-34(21)27)24-10-4-6-12-26(24)41(36)37/h1-18H/q+2. The van der Waals surface area contributed by atoms with Gasteiger partial charge in [0, 0.05) is 16.2 Å². The lowest BCUT2D eigenvalue weighted by Crippen LogP contribution is -2.71. The molecular weight excluding hydrogens is 549 g/mol. The van der Waals surface area contributed by atoms with Gasteiger partial charge in [0.25, 0.3) is 0 Å². The predicted octanol–water partition coefficient (Wildman–Crippen LogP) is 7.78. The minimum Gasteiger partial charge on any atom is -0.456 e. The molecule has 0 bridgehead atoms. The fraction of sp³-hybridized carbons (Fsp3) is 0.0270. The van der Waals surface area contributed by atoms with Crippen LogP contribution in [0.1, 0.15) is 11.1 Å². The van der Waals surface area contributed by atoms with Crippen molar-refractivity contribution in [2.75, 3.05) is 0 Å². The lowest BCUT2D eigenvalue weighted by molar-refractivity contribution is -0.923. The number of thiophene rings is 1. The lowest BCUT2D eigenvalue weighted by atomic mass is 9.85. The summed E-state index contributed by atoms with van der Waals surface area (Å²) in [6.45, 7) is 0. The van der Waals surface area contributed by atoms with Crippen LogP contribution in [-0.2, 0) is 5.66 Å². The van der Waals surface area contributed by atoms with E-state index in [2.05, 4.69) is 126 Å². The Morgan fingerprint density at radius 2 is 1.12 bits per heavy atom. The minimum absolute atomic E-state index is 0.643. The van der Waals surface area contributed by atoms with E-state index in [4.69, 9.17) is 4.74 Å². The third kappa shape index (κ3) is 1.80. The number of para-hydroxylation sites is 5. The van der Waals surface area contributed by atoms with Crippen LogP contribution in [0, 0.1) is 0 Å². The largest absolute Gasteiger partial charge is 0.456 e. The molecule has 6 heteroatoms. The van der Waals surface area contributed by atoms with Gasteiger partial charge in [-0.3, -0.25) is 0 Å². The number of fused-ring (bicyclic) bond motifs is 12. The Hall–Kier alpha value is -5.46. The van der Waals surface area contributed by atoms with Crippen LogP contribution in [0.15, 0.2) is 109 Å². The summed E-state index contributed by atoms with van der Waals surface area (Å²) in [6.07, 6.45) is 0. The first-order valence-electron chi connectivity index (χ1n) is 14.7. The highest BCUT2D eigenvalue weighted by molar-refractivity contribution is 7.18. The van der Waals surface area contributed by atoms with Crippen molar-refractivity contribution in [1.82, 2.24) is 8.80 Å². The molecule has 5 aromatic carbocycles. The average molecular weight is 567 g/mol. The molecule has 3 aliphatic rings. The Morgan fingerprint density at radius 1 is 0.535 bits per heavy atom. The average Bonchev–Trinajstić information content (AvgIpc) is 3.85. The maximum atomic E-state index is 6.93. The van der Waals surface area contributed by atoms with Gasteiger partial charge in [-0.1, -0.05) is 42.5 Å². The second kappa shape index (κ2) is 6.16. The third-order valence-corrected chi connectivity index (χ3v) is 11.4. The molecule has 0 N–H and O–H groups in total. The molecule has 0 aliphatic carbocycles. The van der Waals surface area contributed by atoms with Crippen LogP contribution in [0.25, 0.3) is 76.0 Å². The molecule has 0 saturated carbocycles. The fourth-order valence-electron chi connectivity index (χ4n) is 9.21. The fourth-order valence-corrected chi connectivity index (χ4v) is 10.1. The van der Waals surface area contributed by atoms with Crippen LogP contribution in [0.4, 0.5) is 0 Å². The van der Waals surface area contributed by atoms with Gasteiger partial charge in [0.05, 0.1) is 15.5 Å². The monoisotopic (exact) mass is 566 g/mol. The van der Waals surface area contributed by atoms with Crippen LogP contribution in [0.5, 0.6) is 11.5 Å². The van der Waals surface area contributed by atoms with Crippen molar-refractivity contribution < 1.29 is 13.9 Å². The van der Waals surface area contributed by atoms with E-state index < -0.39 is 5.66 Å². The summed E-state index contributed by atoms with van der Waals surface area (Å²) >= 11 is 1.83. The second-order valence-electron chi connectivity index (χ2n) is 12.1. The summed E-state index contributed by atoms with van der Waals surface area (Å²) in [7, 11) is 0. The van der Waals surface area contributed by atoms with E-state index in [0.29, 0.717) is 0 Å². The van der Waals surface area contributed by atoms with Gasteiger partial charge in [0.15, 0.2) is 27.6 Å². The van der Waals surface area contributed by atoms with Crippen LogP contribution in [0.2, 0.25) is 0 Å². The molecule has 10 aromatic rings. The third-order valence-electron chi connectivity index (χ3n) is 10.5. The second-order valence-corrected chi connectivity index (χ2v) is 13.0. The van der Waals surface area contributed by atoms with Crippen LogP contribution >= 0.6 is 11.3 Å². The highest BCUT2D eigenvalue weighted by Crippen LogP contribution is 2.59. The highest BCUT2D eigenvalue weighted by atomic mass is 32.1. The van der Waals surface area contributed by atoms with Crippen molar-refractivity contribution in [3.63, 3.8) is 0 Å². The van der Waals surface area contributed by atoms with Gasteiger partial charge in [0.2, 0.25) is 0 Å². The van der Waals surface area contributed by atoms with E-state index in [1.54, 1.807) is 0 Å². The van der Waals surface area contributed by atoms with Crippen LogP contribution < -0.4 is 13.9 Å². The lowest BCUT2D eigenvalue weighted by Gasteiger charge is -2.30. The molecule has 0 radical (unpaired) electrons. The zero-order valence-electron chi connectivity index (χ0n) is 22.5. The zero-order valence-corrected chi connectivity index (χ0v) is 23.3. The minimum atomic E-state index is -0.643. The molecule has 1 spiro atoms. The first-order chi connectivity index (χ1) is 21.4. The normalized spacial score (nSPS) is 17.6. The molecule has 5 nitrogen and oxygen atoms in total. The van der Waals surface area contributed by atoms with E-state index in [1.807, 2.05) is 11.3 Å². The van der Waals surface area contributed by atoms with Crippen molar-refractivity contribution in [3.8, 4) is 11.5 Å². The summed E-state index contributed by atoms with van der Waals surface area (Å²) in [4.78, 5) is 0. The number of nitrogens with zero attached hydrogens (tertiary/aromatic N) is 4. The van der Waals surface area contributed by atoms with Crippen LogP contribution in [0.3, 0.4) is 0 Å². The maximum Gasteiger partial charge on any atom is 0.316 e. The number of benzene rings is 5. The van der Waals surface area contributed by atoms with Gasteiger partial charge >= 0.3 is 17.0 Å². The molecule has 5 aromatic heterocycles. The van der Waals surface area contributed by atoms with Crippen molar-refractivity contribution in [1.29, 1.82) is 0 Å². The van der Waals surface area contributed by atoms with E-state index in [-0.39, 0.29) is 0 Å². The number of aromatic nitrogens is 4. The number of hydrogen-bond acceptors (Lipinski definition) is 2. The Balaban J connectivity index is 1.45. The topological polar surface area (TPSA) is 25.8 Å². The number of pyridine rings is 2. The Morgan fingerprint density at radius 3 is 1.84 bits per heavy atom. The van der Waals surface area contributed by atoms with Gasteiger partial charge < -0.3 is 4.74 Å². The summed E-state index contributed by atoms with van der Waals surface area (Å²) < 4.78 is 18.6. The van der Waals surface area contributed by atoms with Gasteiger partial charge in [-0.25, -0.2) is 0 Å². The van der Waals surface area contributed by atoms with Gasteiger partial charge in [-0.15, -0.1) is 11.3 Å². The molecule has 196 valence electrons. The Kier molecular flexibility index (Phi) is 2.93. The molecule has 1 atom stereocenters. The van der Waals surface area contributed by atoms with Crippen molar-refractivity contribution in [3.05, 3.63) is 120 Å². The van der Waals surface area contributed by atoms with Gasteiger partial charge in [-0.2, -0.15) is 17.9 Å². The summed E-state index contributed by atoms with van der Waals surface area (Å²) in [5.41, 5.74) is 11.7. The first kappa shape index (κ1) is 20.4. The first-order valence-corrected chi connectivity index (χ1v) is 15.6. The number of hydrogen-bond donors (Lipinski definition) is 0. The molecule has 3 aliphatic heterocycles. The Bertz CT molecular complexity index is 3050. The van der Waals surface area contributed by atoms with Gasteiger partial charge in [-0.05, 0) is 66.0 Å². The van der Waals surface area contributed by atoms with E-state index >= 15 is 0 Å². The predicted molar refractivity (Wildman–Crippen MR) is 170 cm³/mol. The SMILES string of the molecule is c1ccc2c(c1)c1ccc3c4c1c1n2c2ccccc2[n+]1C41c2c(ccc4c5sccc5n5c6ccccc6[n+]1c5c24)O3. The number of ether oxygens (including phenoxy) is 1. The summed E-state index contributed by atoms with van der Waals surface area (Å²) in [5.74, 6) is 1.88. The van der Waals surface area contributed by atoms with E-state index in [1.165, 1.54) is 87.2 Å². The summed E-state index contributed by atoms with van der Waals surface area (Å²) in [6, 6.07) is 38.0. The number of imidazole rings is 2. The molecule has 8 heterocycles. The van der Waals surface area contributed by atoms with Crippen LogP contribution in [-0.4, -0.2) is 8.80 Å². The van der Waals surface area contributed by atoms with Crippen molar-refractivity contribution in [2.45, 2.75) is 5.66 Å². The van der Waals surface area contributed by atoms with Crippen molar-refractivity contribution >= 4 is 87.4 Å². The van der Waals surface area contributed by atoms with E-state index in [0.717, 1.165) is 11.5 Å². The van der Waals surface area contributed by atoms with E-state index in [9.17, 15) is 0 Å². The number of rotatable bonds is 0. The summed E-state index contributed by atoms with van der Waals surface area (Å²) in [5, 5.41) is 8.62. The zero-order chi connectivity index (χ0) is 27.3. The maximum absolute atomic E-state index is 6.93. The van der Waals surface area contributed by atoms with Gasteiger partial charge in [0.1, 0.15) is 28.1 Å². The molecule has 0 fully saturated rings. The molecule has 0 saturated heterocycles. The molecular formula is C37H18N4OS+2. The smallest absolute Gasteiger partial charge is 0.316 e. The molecule has 13 rings (SSSR count). The highest BCUT2D eigenvalue weighted by Gasteiger charge is 2.67. The molecule has 0 amide bonds.